The molecule has 5 heteroatoms. The number of para-hydroxylation sites is 1. The lowest BCUT2D eigenvalue weighted by Crippen LogP contribution is -1.88. The maximum atomic E-state index is 6.24. The van der Waals surface area contributed by atoms with Crippen molar-refractivity contribution in [2.24, 2.45) is 0 Å². The van der Waals surface area contributed by atoms with Crippen molar-refractivity contribution in [3.8, 4) is 0 Å². The maximum absolute atomic E-state index is 6.24. The Hall–Kier alpha value is -1.10. The molecule has 0 N–H and O–H groups in total. The van der Waals surface area contributed by atoms with E-state index in [0.717, 1.165) is 36.7 Å². The minimum Gasteiger partial charge on any atom is -0.236 e. The smallest absolute Gasteiger partial charge is 0.117 e. The summed E-state index contributed by atoms with van der Waals surface area (Å²) in [6, 6.07) is 14.0. The normalized spacial score (nSPS) is 10.9. The third-order valence-corrected chi connectivity index (χ3v) is 4.78. The van der Waals surface area contributed by atoms with Crippen LogP contribution in [0, 0.1) is 0 Å². The van der Waals surface area contributed by atoms with E-state index in [2.05, 4.69) is 25.9 Å². The summed E-state index contributed by atoms with van der Waals surface area (Å²) in [5.41, 5.74) is 2.06. The minimum absolute atomic E-state index is 0.769. The van der Waals surface area contributed by atoms with Crippen molar-refractivity contribution >= 4 is 50.2 Å². The average molecular weight is 366 g/mol. The Kier molecular flexibility index (Phi) is 4.24. The van der Waals surface area contributed by atoms with E-state index in [-0.39, 0.29) is 0 Å². The van der Waals surface area contributed by atoms with E-state index >= 15 is 0 Å². The van der Waals surface area contributed by atoms with Gasteiger partial charge in [-0.1, -0.05) is 51.8 Å². The molecule has 1 aromatic heterocycles. The monoisotopic (exact) mass is 364 g/mol. The molecule has 0 bridgehead atoms. The van der Waals surface area contributed by atoms with Crippen LogP contribution in [0.5, 0.6) is 0 Å². The molecule has 0 aliphatic carbocycles. The fourth-order valence-corrected chi connectivity index (χ4v) is 3.69. The van der Waals surface area contributed by atoms with E-state index in [1.165, 1.54) is 0 Å². The molecule has 3 aromatic rings. The molecule has 0 fully saturated rings. The number of benzene rings is 2. The van der Waals surface area contributed by atoms with Crippen molar-refractivity contribution in [1.29, 1.82) is 0 Å². The second kappa shape index (κ2) is 6.12. The van der Waals surface area contributed by atoms with Crippen LogP contribution in [0.15, 0.2) is 58.3 Å². The molecular formula is C15H10BrClN2S. The number of rotatable bonds is 3. The van der Waals surface area contributed by atoms with Crippen LogP contribution < -0.4 is 0 Å². The highest BCUT2D eigenvalue weighted by atomic mass is 79.9. The predicted molar refractivity (Wildman–Crippen MR) is 88.3 cm³/mol. The zero-order valence-electron chi connectivity index (χ0n) is 10.4. The number of halogens is 2. The summed E-state index contributed by atoms with van der Waals surface area (Å²) in [5.74, 6) is 0.785. The topological polar surface area (TPSA) is 25.8 Å². The van der Waals surface area contributed by atoms with Gasteiger partial charge in [0.15, 0.2) is 0 Å². The first-order valence-electron chi connectivity index (χ1n) is 6.00. The summed E-state index contributed by atoms with van der Waals surface area (Å²) in [4.78, 5) is 8.64. The van der Waals surface area contributed by atoms with Gasteiger partial charge in [0.05, 0.1) is 5.52 Å². The Morgan fingerprint density at radius 2 is 1.95 bits per heavy atom. The zero-order chi connectivity index (χ0) is 13.9. The summed E-state index contributed by atoms with van der Waals surface area (Å²) in [6.45, 7) is 0. The Morgan fingerprint density at radius 1 is 1.10 bits per heavy atom. The molecule has 0 spiro atoms. The van der Waals surface area contributed by atoms with Crippen molar-refractivity contribution in [2.75, 3.05) is 0 Å². The standard InChI is InChI=1S/C15H10BrClN2S/c16-11-6-5-10(13(17)7-11)8-20-15-12-3-1-2-4-14(12)18-9-19-15/h1-7,9H,8H2. The van der Waals surface area contributed by atoms with Gasteiger partial charge in [0.2, 0.25) is 0 Å². The van der Waals surface area contributed by atoms with Crippen LogP contribution in [0.3, 0.4) is 0 Å². The molecule has 0 radical (unpaired) electrons. The van der Waals surface area contributed by atoms with Crippen molar-refractivity contribution in [3.63, 3.8) is 0 Å². The first kappa shape index (κ1) is 13.9. The number of hydrogen-bond donors (Lipinski definition) is 0. The lowest BCUT2D eigenvalue weighted by molar-refractivity contribution is 1.10. The molecule has 0 aliphatic rings. The van der Waals surface area contributed by atoms with Crippen LogP contribution in [-0.4, -0.2) is 9.97 Å². The fourth-order valence-electron chi connectivity index (χ4n) is 1.88. The van der Waals surface area contributed by atoms with Gasteiger partial charge < -0.3 is 0 Å². The van der Waals surface area contributed by atoms with E-state index in [4.69, 9.17) is 11.6 Å². The maximum Gasteiger partial charge on any atom is 0.117 e. The van der Waals surface area contributed by atoms with E-state index in [9.17, 15) is 0 Å². The lowest BCUT2D eigenvalue weighted by atomic mass is 10.2. The second-order valence-corrected chi connectivity index (χ2v) is 6.51. The zero-order valence-corrected chi connectivity index (χ0v) is 13.5. The van der Waals surface area contributed by atoms with Crippen LogP contribution in [0.25, 0.3) is 10.9 Å². The molecule has 0 saturated carbocycles. The molecule has 1 heterocycles. The minimum atomic E-state index is 0.769. The molecule has 0 unspecified atom stereocenters. The third kappa shape index (κ3) is 2.97. The first-order chi connectivity index (χ1) is 9.74. The van der Waals surface area contributed by atoms with E-state index in [1.54, 1.807) is 18.1 Å². The van der Waals surface area contributed by atoms with E-state index in [0.29, 0.717) is 0 Å². The van der Waals surface area contributed by atoms with Crippen LogP contribution in [0.1, 0.15) is 5.56 Å². The molecule has 0 saturated heterocycles. The van der Waals surface area contributed by atoms with Crippen molar-refractivity contribution in [1.82, 2.24) is 9.97 Å². The van der Waals surface area contributed by atoms with E-state index < -0.39 is 0 Å². The van der Waals surface area contributed by atoms with Gasteiger partial charge in [-0.2, -0.15) is 0 Å². The summed E-state index contributed by atoms with van der Waals surface area (Å²) < 4.78 is 0.990. The summed E-state index contributed by atoms with van der Waals surface area (Å²) in [5, 5.41) is 2.83. The highest BCUT2D eigenvalue weighted by Gasteiger charge is 2.06. The molecule has 100 valence electrons. The van der Waals surface area contributed by atoms with Crippen molar-refractivity contribution < 1.29 is 0 Å². The number of aromatic nitrogens is 2. The summed E-state index contributed by atoms with van der Waals surface area (Å²) >= 11 is 11.3. The Balaban J connectivity index is 1.87. The highest BCUT2D eigenvalue weighted by Crippen LogP contribution is 2.30. The third-order valence-electron chi connectivity index (χ3n) is 2.89. The first-order valence-corrected chi connectivity index (χ1v) is 8.16. The lowest BCUT2D eigenvalue weighted by Gasteiger charge is -2.06. The molecule has 0 amide bonds. The number of nitrogens with zero attached hydrogens (tertiary/aromatic N) is 2. The van der Waals surface area contributed by atoms with Gasteiger partial charge in [-0.05, 0) is 23.8 Å². The van der Waals surface area contributed by atoms with Crippen molar-refractivity contribution in [3.05, 3.63) is 63.9 Å². The van der Waals surface area contributed by atoms with Gasteiger partial charge in [-0.25, -0.2) is 9.97 Å². The Morgan fingerprint density at radius 3 is 2.80 bits per heavy atom. The Bertz CT molecular complexity index is 758. The van der Waals surface area contributed by atoms with Gasteiger partial charge in [0.1, 0.15) is 11.4 Å². The number of hydrogen-bond acceptors (Lipinski definition) is 3. The van der Waals surface area contributed by atoms with Gasteiger partial charge in [0, 0.05) is 20.6 Å². The fraction of sp³-hybridized carbons (Fsp3) is 0.0667. The largest absolute Gasteiger partial charge is 0.236 e. The van der Waals surface area contributed by atoms with Gasteiger partial charge in [0.25, 0.3) is 0 Å². The molecule has 2 nitrogen and oxygen atoms in total. The predicted octanol–water partition coefficient (Wildman–Crippen LogP) is 5.34. The summed E-state index contributed by atoms with van der Waals surface area (Å²) in [7, 11) is 0. The van der Waals surface area contributed by atoms with Crippen molar-refractivity contribution in [2.45, 2.75) is 10.8 Å². The van der Waals surface area contributed by atoms with Crippen LogP contribution in [0.2, 0.25) is 5.02 Å². The quantitative estimate of drug-likeness (QED) is 0.463. The van der Waals surface area contributed by atoms with Gasteiger partial charge >= 0.3 is 0 Å². The molecule has 0 aliphatic heterocycles. The molecule has 3 rings (SSSR count). The number of thioether (sulfide) groups is 1. The molecule has 20 heavy (non-hydrogen) atoms. The van der Waals surface area contributed by atoms with Crippen LogP contribution in [0.4, 0.5) is 0 Å². The molecule has 0 atom stereocenters. The SMILES string of the molecule is Clc1cc(Br)ccc1CSc1ncnc2ccccc12. The number of fused-ring (bicyclic) bond motifs is 1. The molecule has 2 aromatic carbocycles. The highest BCUT2D eigenvalue weighted by molar-refractivity contribution is 9.10. The van der Waals surface area contributed by atoms with Gasteiger partial charge in [-0.3, -0.25) is 0 Å². The average Bonchev–Trinajstić information content (AvgIpc) is 2.46. The Labute approximate surface area is 134 Å². The van der Waals surface area contributed by atoms with E-state index in [1.807, 2.05) is 42.5 Å². The van der Waals surface area contributed by atoms with Crippen LogP contribution in [-0.2, 0) is 5.75 Å². The van der Waals surface area contributed by atoms with Crippen LogP contribution >= 0.6 is 39.3 Å². The second-order valence-electron chi connectivity index (χ2n) is 4.22. The van der Waals surface area contributed by atoms with Gasteiger partial charge in [-0.15, -0.1) is 11.8 Å². The summed E-state index contributed by atoms with van der Waals surface area (Å²) in [6.07, 6.45) is 1.61. The molecular weight excluding hydrogens is 356 g/mol.